The lowest BCUT2D eigenvalue weighted by molar-refractivity contribution is -0.154. The fourth-order valence-corrected chi connectivity index (χ4v) is 3.82. The largest absolute Gasteiger partial charge is 0.534 e. The maximum atomic E-state index is 12.5. The molecule has 0 fully saturated rings. The van der Waals surface area contributed by atoms with Crippen LogP contribution in [0.5, 0.6) is 5.75 Å². The molecule has 0 saturated carbocycles. The number of hydrogen-bond donors (Lipinski definition) is 0. The first-order chi connectivity index (χ1) is 13.5. The fraction of sp³-hybridized carbons (Fsp3) is 0.650. The zero-order valence-electron chi connectivity index (χ0n) is 16.6. The second-order valence-electron chi connectivity index (χ2n) is 7.45. The van der Waals surface area contributed by atoms with E-state index in [9.17, 15) is 26.4 Å². The summed E-state index contributed by atoms with van der Waals surface area (Å²) in [5.41, 5.74) is -4.02. The number of rotatable bonds is 9. The van der Waals surface area contributed by atoms with Gasteiger partial charge in [0.2, 0.25) is 0 Å². The second-order valence-corrected chi connectivity index (χ2v) is 8.99. The van der Waals surface area contributed by atoms with Gasteiger partial charge in [-0.15, -0.1) is 0 Å². The Bertz CT molecular complexity index is 805. The zero-order chi connectivity index (χ0) is 21.7. The number of esters is 1. The van der Waals surface area contributed by atoms with Crippen LogP contribution >= 0.6 is 0 Å². The molecule has 0 radical (unpaired) electrons. The Morgan fingerprint density at radius 1 is 1.21 bits per heavy atom. The smallest absolute Gasteiger partial charge is 0.462 e. The van der Waals surface area contributed by atoms with Crippen LogP contribution in [0.25, 0.3) is 0 Å². The first-order valence-electron chi connectivity index (χ1n) is 9.86. The Labute approximate surface area is 169 Å². The molecule has 0 saturated heterocycles. The van der Waals surface area contributed by atoms with Crippen molar-refractivity contribution in [3.63, 3.8) is 0 Å². The number of carbonyl (C=O) groups is 1. The van der Waals surface area contributed by atoms with Crippen molar-refractivity contribution in [3.8, 4) is 5.75 Å². The highest BCUT2D eigenvalue weighted by atomic mass is 32.2. The van der Waals surface area contributed by atoms with E-state index in [2.05, 4.69) is 11.1 Å². The van der Waals surface area contributed by atoms with E-state index >= 15 is 0 Å². The monoisotopic (exact) mass is 436 g/mol. The van der Waals surface area contributed by atoms with Gasteiger partial charge in [0.05, 0.1) is 12.0 Å². The molecule has 1 aromatic rings. The van der Waals surface area contributed by atoms with Gasteiger partial charge in [0.25, 0.3) is 0 Å². The van der Waals surface area contributed by atoms with E-state index in [0.29, 0.717) is 24.8 Å². The van der Waals surface area contributed by atoms with E-state index in [4.69, 9.17) is 4.74 Å². The topological polar surface area (TPSA) is 69.7 Å². The van der Waals surface area contributed by atoms with Crippen LogP contribution in [0.2, 0.25) is 0 Å². The van der Waals surface area contributed by atoms with E-state index in [1.807, 2.05) is 6.92 Å². The molecule has 5 nitrogen and oxygen atoms in total. The highest BCUT2D eigenvalue weighted by molar-refractivity contribution is 7.88. The van der Waals surface area contributed by atoms with Crippen LogP contribution < -0.4 is 4.18 Å². The number of aryl methyl sites for hydroxylation is 1. The van der Waals surface area contributed by atoms with Crippen molar-refractivity contribution in [2.75, 3.05) is 0 Å². The lowest BCUT2D eigenvalue weighted by atomic mass is 9.84. The number of carbonyl (C=O) groups excluding carboxylic acids is 1. The molecule has 1 unspecified atom stereocenters. The normalized spacial score (nSPS) is 18.0. The van der Waals surface area contributed by atoms with Gasteiger partial charge in [-0.1, -0.05) is 32.3 Å². The number of benzene rings is 1. The minimum absolute atomic E-state index is 0.149. The molecule has 0 amide bonds. The maximum absolute atomic E-state index is 12.5. The lowest BCUT2D eigenvalue weighted by Gasteiger charge is -2.25. The van der Waals surface area contributed by atoms with Gasteiger partial charge < -0.3 is 8.92 Å². The standard InChI is InChI=1S/C20H27F3O5S/c1-3-4-5-6-7-14(2)27-19(24)17-9-8-16-13-18(11-10-15(16)12-17)28-29(25,26)20(21,22)23/h10-11,13-14,17H,3-9,12H2,1-2H3/t14-,17?/m0/s1. The van der Waals surface area contributed by atoms with E-state index < -0.39 is 15.6 Å². The van der Waals surface area contributed by atoms with Crippen molar-refractivity contribution < 1.29 is 35.3 Å². The summed E-state index contributed by atoms with van der Waals surface area (Å²) in [5, 5.41) is 0. The molecule has 0 spiro atoms. The fourth-order valence-electron chi connectivity index (χ4n) is 3.37. The van der Waals surface area contributed by atoms with E-state index in [0.717, 1.165) is 37.7 Å². The van der Waals surface area contributed by atoms with Gasteiger partial charge >= 0.3 is 21.6 Å². The van der Waals surface area contributed by atoms with Gasteiger partial charge in [0, 0.05) is 0 Å². The molecule has 2 atom stereocenters. The molecular weight excluding hydrogens is 409 g/mol. The Balaban J connectivity index is 1.93. The third kappa shape index (κ3) is 6.62. The number of alkyl halides is 3. The Morgan fingerprint density at radius 3 is 2.59 bits per heavy atom. The van der Waals surface area contributed by atoms with Crippen LogP contribution in [-0.4, -0.2) is 26.0 Å². The predicted octanol–water partition coefficient (Wildman–Crippen LogP) is 4.92. The van der Waals surface area contributed by atoms with Crippen LogP contribution in [-0.2, 0) is 32.5 Å². The molecule has 9 heteroatoms. The van der Waals surface area contributed by atoms with Crippen molar-refractivity contribution in [2.24, 2.45) is 5.92 Å². The van der Waals surface area contributed by atoms with Gasteiger partial charge in [-0.05, 0) is 62.3 Å². The van der Waals surface area contributed by atoms with Crippen LogP contribution in [0.15, 0.2) is 18.2 Å². The molecule has 0 aliphatic heterocycles. The summed E-state index contributed by atoms with van der Waals surface area (Å²) in [7, 11) is -5.70. The molecule has 1 aromatic carbocycles. The molecule has 2 rings (SSSR count). The Morgan fingerprint density at radius 2 is 1.93 bits per heavy atom. The van der Waals surface area contributed by atoms with Crippen molar-refractivity contribution >= 4 is 16.1 Å². The van der Waals surface area contributed by atoms with Crippen molar-refractivity contribution in [3.05, 3.63) is 29.3 Å². The van der Waals surface area contributed by atoms with E-state index in [1.165, 1.54) is 18.2 Å². The third-order valence-electron chi connectivity index (χ3n) is 5.01. The number of hydrogen-bond acceptors (Lipinski definition) is 5. The van der Waals surface area contributed by atoms with E-state index in [-0.39, 0.29) is 23.7 Å². The minimum atomic E-state index is -5.70. The summed E-state index contributed by atoms with van der Waals surface area (Å²) in [4.78, 5) is 12.4. The molecule has 164 valence electrons. The van der Waals surface area contributed by atoms with Crippen molar-refractivity contribution in [2.45, 2.75) is 76.8 Å². The number of fused-ring (bicyclic) bond motifs is 1. The molecular formula is C20H27F3O5S. The molecule has 0 heterocycles. The summed E-state index contributed by atoms with van der Waals surface area (Å²) in [6, 6.07) is 3.97. The van der Waals surface area contributed by atoms with Crippen LogP contribution in [0.1, 0.15) is 63.5 Å². The predicted molar refractivity (Wildman–Crippen MR) is 102 cm³/mol. The number of ether oxygens (including phenoxy) is 1. The maximum Gasteiger partial charge on any atom is 0.534 e. The molecule has 0 bridgehead atoms. The summed E-state index contributed by atoms with van der Waals surface area (Å²) in [6.07, 6.45) is 6.44. The second kappa shape index (κ2) is 9.82. The highest BCUT2D eigenvalue weighted by Crippen LogP contribution is 2.32. The number of unbranched alkanes of at least 4 members (excludes halogenated alkanes) is 3. The molecule has 1 aliphatic rings. The summed E-state index contributed by atoms with van der Waals surface area (Å²) in [6.45, 7) is 4.01. The summed E-state index contributed by atoms with van der Waals surface area (Å²) >= 11 is 0. The Kier molecular flexibility index (Phi) is 7.96. The molecule has 0 N–H and O–H groups in total. The molecule has 29 heavy (non-hydrogen) atoms. The Hall–Kier alpha value is -1.77. The average Bonchev–Trinajstić information content (AvgIpc) is 2.63. The third-order valence-corrected chi connectivity index (χ3v) is 5.99. The molecule has 0 aromatic heterocycles. The van der Waals surface area contributed by atoms with Gasteiger partial charge in [-0.2, -0.15) is 21.6 Å². The van der Waals surface area contributed by atoms with Crippen molar-refractivity contribution in [1.82, 2.24) is 0 Å². The SMILES string of the molecule is CCCCCC[C@H](C)OC(=O)C1CCc2cc(OS(=O)(=O)C(F)(F)F)ccc2C1. The van der Waals surface area contributed by atoms with Gasteiger partial charge in [-0.3, -0.25) is 4.79 Å². The summed E-state index contributed by atoms with van der Waals surface area (Å²) in [5.74, 6) is -0.965. The van der Waals surface area contributed by atoms with Gasteiger partial charge in [0.15, 0.2) is 0 Å². The van der Waals surface area contributed by atoms with Crippen LogP contribution in [0, 0.1) is 5.92 Å². The highest BCUT2D eigenvalue weighted by Gasteiger charge is 2.48. The van der Waals surface area contributed by atoms with Gasteiger partial charge in [-0.25, -0.2) is 0 Å². The molecule has 1 aliphatic carbocycles. The first kappa shape index (κ1) is 23.5. The summed E-state index contributed by atoms with van der Waals surface area (Å²) < 4.78 is 69.3. The van der Waals surface area contributed by atoms with Crippen molar-refractivity contribution in [1.29, 1.82) is 0 Å². The van der Waals surface area contributed by atoms with Crippen LogP contribution in [0.4, 0.5) is 13.2 Å². The lowest BCUT2D eigenvalue weighted by Crippen LogP contribution is -2.29. The number of halogens is 3. The van der Waals surface area contributed by atoms with Crippen LogP contribution in [0.3, 0.4) is 0 Å². The quantitative estimate of drug-likeness (QED) is 0.238. The van der Waals surface area contributed by atoms with Gasteiger partial charge in [0.1, 0.15) is 5.75 Å². The first-order valence-corrected chi connectivity index (χ1v) is 11.3. The zero-order valence-corrected chi connectivity index (χ0v) is 17.4. The van der Waals surface area contributed by atoms with E-state index in [1.54, 1.807) is 0 Å². The minimum Gasteiger partial charge on any atom is -0.462 e. The average molecular weight is 436 g/mol.